The van der Waals surface area contributed by atoms with Crippen molar-refractivity contribution in [3.05, 3.63) is 37.0 Å². The molecule has 1 unspecified atom stereocenters. The summed E-state index contributed by atoms with van der Waals surface area (Å²) in [5, 5.41) is 8.91. The van der Waals surface area contributed by atoms with Crippen LogP contribution in [0.1, 0.15) is 6.92 Å². The molecule has 1 amide bonds. The summed E-state index contributed by atoms with van der Waals surface area (Å²) in [7, 11) is 1.23. The highest BCUT2D eigenvalue weighted by atomic mass is 16.5. The van der Waals surface area contributed by atoms with Crippen LogP contribution in [0.4, 0.5) is 0 Å². The third kappa shape index (κ3) is 7.52. The van der Waals surface area contributed by atoms with Gasteiger partial charge in [0, 0.05) is 5.57 Å². The van der Waals surface area contributed by atoms with Crippen molar-refractivity contribution in [1.29, 1.82) is 0 Å². The first-order valence-corrected chi connectivity index (χ1v) is 4.30. The smallest absolute Gasteiger partial charge is 0.336 e. The summed E-state index contributed by atoms with van der Waals surface area (Å²) in [6.45, 7) is 11.4. The van der Waals surface area contributed by atoms with Gasteiger partial charge in [-0.2, -0.15) is 0 Å². The van der Waals surface area contributed by atoms with E-state index in [1.54, 1.807) is 6.92 Å². The van der Waals surface area contributed by atoms with E-state index in [1.165, 1.54) is 13.2 Å². The lowest BCUT2D eigenvalue weighted by molar-refractivity contribution is -0.136. The van der Waals surface area contributed by atoms with Gasteiger partial charge in [0.15, 0.2) is 0 Å². The normalized spacial score (nSPS) is 10.2. The predicted molar refractivity (Wildman–Crippen MR) is 61.4 cm³/mol. The number of carbonyl (C=O) groups is 2. The number of amides is 1. The molecule has 0 aliphatic rings. The molecular weight excluding hydrogens is 210 g/mol. The lowest BCUT2D eigenvalue weighted by Crippen LogP contribution is -2.15. The molecule has 0 heterocycles. The van der Waals surface area contributed by atoms with E-state index in [0.29, 0.717) is 5.57 Å². The van der Waals surface area contributed by atoms with Crippen LogP contribution < -0.4 is 5.73 Å². The zero-order valence-corrected chi connectivity index (χ0v) is 9.53. The Balaban J connectivity index is 0. The Bertz CT molecular complexity index is 295. The molecule has 0 bridgehead atoms. The number of carbonyl (C=O) groups excluding carboxylic acids is 2. The summed E-state index contributed by atoms with van der Waals surface area (Å²) in [5.74, 6) is -1.05. The van der Waals surface area contributed by atoms with Crippen molar-refractivity contribution in [2.24, 2.45) is 5.73 Å². The van der Waals surface area contributed by atoms with Gasteiger partial charge in [0.25, 0.3) is 0 Å². The second kappa shape index (κ2) is 8.43. The van der Waals surface area contributed by atoms with Gasteiger partial charge >= 0.3 is 5.97 Å². The maximum Gasteiger partial charge on any atom is 0.336 e. The fraction of sp³-hybridized carbons (Fsp3) is 0.273. The van der Waals surface area contributed by atoms with Gasteiger partial charge in [-0.15, -0.1) is 6.58 Å². The number of primary amides is 1. The van der Waals surface area contributed by atoms with E-state index in [9.17, 15) is 9.59 Å². The molecule has 0 aliphatic heterocycles. The fourth-order valence-electron chi connectivity index (χ4n) is 0.394. The standard InChI is InChI=1S/C7H10O3.C4H7NO/c1-4-6(8)5(2)7(9)10-3;1-3(2)4(5)6/h4,6,8H,1-2H2,3H3;1H2,2H3,(H2,5,6). The first-order valence-electron chi connectivity index (χ1n) is 4.30. The third-order valence-corrected chi connectivity index (χ3v) is 1.45. The maximum absolute atomic E-state index is 10.6. The molecule has 16 heavy (non-hydrogen) atoms. The summed E-state index contributed by atoms with van der Waals surface area (Å²) in [4.78, 5) is 20.4. The van der Waals surface area contributed by atoms with E-state index >= 15 is 0 Å². The minimum absolute atomic E-state index is 0.00231. The van der Waals surface area contributed by atoms with Crippen molar-refractivity contribution in [2.75, 3.05) is 7.11 Å². The van der Waals surface area contributed by atoms with Crippen molar-refractivity contribution in [3.63, 3.8) is 0 Å². The largest absolute Gasteiger partial charge is 0.466 e. The highest BCUT2D eigenvalue weighted by Gasteiger charge is 2.12. The first kappa shape index (κ1) is 16.5. The monoisotopic (exact) mass is 227 g/mol. The first-order chi connectivity index (χ1) is 7.27. The summed E-state index contributed by atoms with van der Waals surface area (Å²) in [6, 6.07) is 0. The van der Waals surface area contributed by atoms with Gasteiger partial charge in [-0.1, -0.05) is 19.2 Å². The summed E-state index contributed by atoms with van der Waals surface area (Å²) in [5.41, 5.74) is 5.09. The topological polar surface area (TPSA) is 89.6 Å². The van der Waals surface area contributed by atoms with Gasteiger partial charge in [0.05, 0.1) is 12.7 Å². The van der Waals surface area contributed by atoms with Gasteiger partial charge in [-0.05, 0) is 6.92 Å². The Morgan fingerprint density at radius 2 is 1.81 bits per heavy atom. The van der Waals surface area contributed by atoms with Crippen LogP contribution in [0.5, 0.6) is 0 Å². The minimum Gasteiger partial charge on any atom is -0.466 e. The third-order valence-electron chi connectivity index (χ3n) is 1.45. The number of esters is 1. The minimum atomic E-state index is -1.01. The Hall–Kier alpha value is -1.88. The van der Waals surface area contributed by atoms with Crippen LogP contribution in [0.3, 0.4) is 0 Å². The number of rotatable bonds is 4. The highest BCUT2D eigenvalue weighted by Crippen LogP contribution is 2.01. The van der Waals surface area contributed by atoms with Crippen LogP contribution in [-0.2, 0) is 14.3 Å². The number of aliphatic hydroxyl groups excluding tert-OH is 1. The van der Waals surface area contributed by atoms with Gasteiger partial charge in [-0.3, -0.25) is 4.79 Å². The molecule has 3 N–H and O–H groups in total. The summed E-state index contributed by atoms with van der Waals surface area (Å²) < 4.78 is 4.29. The van der Waals surface area contributed by atoms with Crippen molar-refractivity contribution < 1.29 is 19.4 Å². The van der Waals surface area contributed by atoms with Crippen molar-refractivity contribution in [3.8, 4) is 0 Å². The highest BCUT2D eigenvalue weighted by molar-refractivity contribution is 5.90. The Morgan fingerprint density at radius 3 is 2.00 bits per heavy atom. The molecule has 5 heteroatoms. The van der Waals surface area contributed by atoms with E-state index in [0.717, 1.165) is 0 Å². The zero-order chi connectivity index (χ0) is 13.3. The Morgan fingerprint density at radius 1 is 1.44 bits per heavy atom. The summed E-state index contributed by atoms with van der Waals surface area (Å²) >= 11 is 0. The second-order valence-corrected chi connectivity index (χ2v) is 2.84. The molecule has 0 radical (unpaired) electrons. The lowest BCUT2D eigenvalue weighted by atomic mass is 10.2. The van der Waals surface area contributed by atoms with Gasteiger partial charge in [0.1, 0.15) is 6.10 Å². The van der Waals surface area contributed by atoms with Crippen molar-refractivity contribution >= 4 is 11.9 Å². The Kier molecular flexibility index (Phi) is 8.72. The quantitative estimate of drug-likeness (QED) is 0.411. The molecule has 1 atom stereocenters. The average Bonchev–Trinajstić information content (AvgIpc) is 2.26. The molecule has 0 spiro atoms. The SMILES string of the molecule is C=C(C)C(N)=O.C=CC(O)C(=C)C(=O)OC. The number of ether oxygens (including phenoxy) is 1. The molecule has 0 saturated carbocycles. The van der Waals surface area contributed by atoms with E-state index < -0.39 is 18.0 Å². The number of nitrogens with two attached hydrogens (primary N) is 1. The van der Waals surface area contributed by atoms with Crippen molar-refractivity contribution in [2.45, 2.75) is 13.0 Å². The fourth-order valence-corrected chi connectivity index (χ4v) is 0.394. The van der Waals surface area contributed by atoms with E-state index in [2.05, 4.69) is 24.5 Å². The van der Waals surface area contributed by atoms with Gasteiger partial charge in [-0.25, -0.2) is 4.79 Å². The van der Waals surface area contributed by atoms with E-state index in [4.69, 9.17) is 10.8 Å². The maximum atomic E-state index is 10.6. The van der Waals surface area contributed by atoms with Crippen molar-refractivity contribution in [1.82, 2.24) is 0 Å². The molecule has 0 aliphatic carbocycles. The second-order valence-electron chi connectivity index (χ2n) is 2.84. The molecule has 90 valence electrons. The molecule has 0 aromatic carbocycles. The van der Waals surface area contributed by atoms with Crippen LogP contribution in [0, 0.1) is 0 Å². The predicted octanol–water partition coefficient (Wildman–Crippen LogP) is 0.310. The van der Waals surface area contributed by atoms with Crippen LogP contribution in [-0.4, -0.2) is 30.2 Å². The lowest BCUT2D eigenvalue weighted by Gasteiger charge is -2.05. The molecule has 0 aromatic rings. The van der Waals surface area contributed by atoms with Crippen LogP contribution in [0.25, 0.3) is 0 Å². The Labute approximate surface area is 94.9 Å². The molecule has 0 fully saturated rings. The van der Waals surface area contributed by atoms with Crippen LogP contribution in [0.15, 0.2) is 37.0 Å². The van der Waals surface area contributed by atoms with Crippen LogP contribution in [0.2, 0.25) is 0 Å². The number of hydrogen-bond donors (Lipinski definition) is 2. The molecule has 0 rings (SSSR count). The number of aliphatic hydroxyl groups is 1. The number of hydrogen-bond acceptors (Lipinski definition) is 4. The zero-order valence-electron chi connectivity index (χ0n) is 9.53. The molecule has 5 nitrogen and oxygen atoms in total. The molecule has 0 saturated heterocycles. The van der Waals surface area contributed by atoms with Gasteiger partial charge in [0.2, 0.25) is 5.91 Å². The molecular formula is C11H17NO4. The van der Waals surface area contributed by atoms with Gasteiger partial charge < -0.3 is 15.6 Å². The summed E-state index contributed by atoms with van der Waals surface area (Å²) in [6.07, 6.45) is 0.201. The average molecular weight is 227 g/mol. The number of methoxy groups -OCH3 is 1. The molecule has 0 aromatic heterocycles. The van der Waals surface area contributed by atoms with E-state index in [1.807, 2.05) is 0 Å². The van der Waals surface area contributed by atoms with Crippen LogP contribution >= 0.6 is 0 Å². The van der Waals surface area contributed by atoms with E-state index in [-0.39, 0.29) is 5.57 Å².